The molecular formula is C16H25NO2S. The van der Waals surface area contributed by atoms with Gasteiger partial charge in [0.2, 0.25) is 0 Å². The van der Waals surface area contributed by atoms with Crippen LogP contribution < -0.4 is 0 Å². The number of likely N-dealkylation sites (tertiary alicyclic amines) is 1. The molecule has 2 unspecified atom stereocenters. The summed E-state index contributed by atoms with van der Waals surface area (Å²) in [5.74, 6) is 0. The Morgan fingerprint density at radius 3 is 3.30 bits per heavy atom. The molecule has 0 aromatic carbocycles. The fraction of sp³-hybridized carbons (Fsp3) is 0.750. The Morgan fingerprint density at radius 2 is 2.50 bits per heavy atom. The van der Waals surface area contributed by atoms with Crippen molar-refractivity contribution in [2.45, 2.75) is 38.8 Å². The van der Waals surface area contributed by atoms with Crippen molar-refractivity contribution < 1.29 is 9.47 Å². The summed E-state index contributed by atoms with van der Waals surface area (Å²) >= 11 is 1.86. The number of ether oxygens (including phenoxy) is 2. The number of piperidine rings is 1. The molecule has 3 heterocycles. The number of rotatable bonds is 5. The molecule has 0 bridgehead atoms. The van der Waals surface area contributed by atoms with E-state index < -0.39 is 0 Å². The molecule has 0 aliphatic carbocycles. The van der Waals surface area contributed by atoms with Gasteiger partial charge >= 0.3 is 0 Å². The van der Waals surface area contributed by atoms with E-state index in [-0.39, 0.29) is 5.41 Å². The Bertz CT molecular complexity index is 409. The Morgan fingerprint density at radius 1 is 1.55 bits per heavy atom. The predicted octanol–water partition coefficient (Wildman–Crippen LogP) is 3.16. The molecule has 2 fully saturated rings. The highest BCUT2D eigenvalue weighted by Gasteiger charge is 2.45. The largest absolute Gasteiger partial charge is 0.381 e. The predicted molar refractivity (Wildman–Crippen MR) is 82.1 cm³/mol. The molecule has 2 aliphatic rings. The molecule has 4 heteroatoms. The first kappa shape index (κ1) is 14.5. The lowest BCUT2D eigenvalue weighted by atomic mass is 9.73. The van der Waals surface area contributed by atoms with E-state index in [9.17, 15) is 0 Å². The van der Waals surface area contributed by atoms with Gasteiger partial charge in [0, 0.05) is 43.1 Å². The maximum atomic E-state index is 6.06. The van der Waals surface area contributed by atoms with E-state index in [4.69, 9.17) is 9.47 Å². The third-order valence-electron chi connectivity index (χ3n) is 4.62. The quantitative estimate of drug-likeness (QED) is 0.833. The summed E-state index contributed by atoms with van der Waals surface area (Å²) in [7, 11) is 0. The number of hydrogen-bond donors (Lipinski definition) is 0. The van der Waals surface area contributed by atoms with Crippen LogP contribution >= 0.6 is 11.3 Å². The maximum absolute atomic E-state index is 6.06. The van der Waals surface area contributed by atoms with Crippen molar-refractivity contribution in [3.63, 3.8) is 0 Å². The zero-order valence-electron chi connectivity index (χ0n) is 12.3. The van der Waals surface area contributed by atoms with Crippen molar-refractivity contribution in [2.24, 2.45) is 5.41 Å². The number of nitrogens with zero attached hydrogens (tertiary/aromatic N) is 1. The van der Waals surface area contributed by atoms with Gasteiger partial charge in [-0.15, -0.1) is 11.3 Å². The first-order valence-corrected chi connectivity index (χ1v) is 8.64. The molecule has 112 valence electrons. The Labute approximate surface area is 125 Å². The lowest BCUT2D eigenvalue weighted by molar-refractivity contribution is -0.153. The van der Waals surface area contributed by atoms with E-state index in [1.807, 2.05) is 11.3 Å². The van der Waals surface area contributed by atoms with Crippen LogP contribution in [-0.4, -0.2) is 43.9 Å². The molecule has 1 aromatic heterocycles. The van der Waals surface area contributed by atoms with Crippen LogP contribution in [0, 0.1) is 5.41 Å². The molecule has 0 radical (unpaired) electrons. The van der Waals surface area contributed by atoms with E-state index in [1.165, 1.54) is 17.7 Å². The van der Waals surface area contributed by atoms with E-state index in [0.29, 0.717) is 6.10 Å². The summed E-state index contributed by atoms with van der Waals surface area (Å²) in [6, 6.07) is 4.38. The van der Waals surface area contributed by atoms with Gasteiger partial charge in [-0.2, -0.15) is 0 Å². The van der Waals surface area contributed by atoms with Crippen molar-refractivity contribution in [2.75, 3.05) is 32.9 Å². The molecular weight excluding hydrogens is 270 g/mol. The molecule has 0 saturated carbocycles. The lowest BCUT2D eigenvalue weighted by Gasteiger charge is -2.50. The molecule has 2 aliphatic heterocycles. The molecule has 2 atom stereocenters. The SMILES string of the molecule is CCOCC12CCCOC1CCN(Cc1cccs1)C2. The van der Waals surface area contributed by atoms with Crippen molar-refractivity contribution in [1.82, 2.24) is 4.90 Å². The number of thiophene rings is 1. The van der Waals surface area contributed by atoms with Gasteiger partial charge in [-0.05, 0) is 37.6 Å². The van der Waals surface area contributed by atoms with Gasteiger partial charge in [0.05, 0.1) is 12.7 Å². The second-order valence-electron chi connectivity index (χ2n) is 6.04. The maximum Gasteiger partial charge on any atom is 0.0677 e. The van der Waals surface area contributed by atoms with Crippen LogP contribution in [0.15, 0.2) is 17.5 Å². The zero-order valence-corrected chi connectivity index (χ0v) is 13.2. The van der Waals surface area contributed by atoms with Crippen LogP contribution in [0.3, 0.4) is 0 Å². The van der Waals surface area contributed by atoms with Crippen LogP contribution in [0.5, 0.6) is 0 Å². The molecule has 2 saturated heterocycles. The Kier molecular flexibility index (Phi) is 4.76. The lowest BCUT2D eigenvalue weighted by Crippen LogP contribution is -2.56. The topological polar surface area (TPSA) is 21.7 Å². The zero-order chi connectivity index (χ0) is 13.8. The smallest absolute Gasteiger partial charge is 0.0677 e. The highest BCUT2D eigenvalue weighted by molar-refractivity contribution is 7.09. The summed E-state index contributed by atoms with van der Waals surface area (Å²) < 4.78 is 11.9. The van der Waals surface area contributed by atoms with Crippen LogP contribution in [-0.2, 0) is 16.0 Å². The summed E-state index contributed by atoms with van der Waals surface area (Å²) in [5, 5.41) is 2.17. The molecule has 20 heavy (non-hydrogen) atoms. The average Bonchev–Trinajstić information content (AvgIpc) is 2.98. The first-order valence-electron chi connectivity index (χ1n) is 7.76. The normalized spacial score (nSPS) is 31.1. The van der Waals surface area contributed by atoms with Crippen LogP contribution in [0.1, 0.15) is 31.1 Å². The van der Waals surface area contributed by atoms with Crippen molar-refractivity contribution >= 4 is 11.3 Å². The first-order chi connectivity index (χ1) is 9.82. The molecule has 3 rings (SSSR count). The minimum atomic E-state index is 0.226. The second kappa shape index (κ2) is 6.56. The molecule has 0 spiro atoms. The standard InChI is InChI=1S/C16H25NO2S/c1-2-18-13-16-7-4-9-19-15(16)6-8-17(12-16)11-14-5-3-10-20-14/h3,5,10,15H,2,4,6-9,11-13H2,1H3. The van der Waals surface area contributed by atoms with Gasteiger partial charge in [0.25, 0.3) is 0 Å². The van der Waals surface area contributed by atoms with E-state index in [2.05, 4.69) is 29.3 Å². The highest BCUT2D eigenvalue weighted by Crippen LogP contribution is 2.40. The van der Waals surface area contributed by atoms with Crippen LogP contribution in [0.25, 0.3) is 0 Å². The fourth-order valence-corrected chi connectivity index (χ4v) is 4.40. The third-order valence-corrected chi connectivity index (χ3v) is 5.48. The van der Waals surface area contributed by atoms with Gasteiger partial charge < -0.3 is 9.47 Å². The summed E-state index contributed by atoms with van der Waals surface area (Å²) in [6.07, 6.45) is 3.98. The Balaban J connectivity index is 1.68. The molecule has 3 nitrogen and oxygen atoms in total. The van der Waals surface area contributed by atoms with E-state index in [1.54, 1.807) is 0 Å². The minimum Gasteiger partial charge on any atom is -0.381 e. The van der Waals surface area contributed by atoms with Crippen LogP contribution in [0.4, 0.5) is 0 Å². The van der Waals surface area contributed by atoms with Gasteiger partial charge in [-0.3, -0.25) is 4.90 Å². The summed E-state index contributed by atoms with van der Waals surface area (Å²) in [4.78, 5) is 4.06. The Hall–Kier alpha value is -0.420. The number of hydrogen-bond acceptors (Lipinski definition) is 4. The van der Waals surface area contributed by atoms with Gasteiger partial charge in [0.1, 0.15) is 0 Å². The molecule has 0 amide bonds. The third kappa shape index (κ3) is 3.08. The van der Waals surface area contributed by atoms with E-state index >= 15 is 0 Å². The van der Waals surface area contributed by atoms with Gasteiger partial charge in [-0.1, -0.05) is 6.07 Å². The molecule has 0 N–H and O–H groups in total. The minimum absolute atomic E-state index is 0.226. The fourth-order valence-electron chi connectivity index (χ4n) is 3.66. The summed E-state index contributed by atoms with van der Waals surface area (Å²) in [5.41, 5.74) is 0.226. The van der Waals surface area contributed by atoms with Crippen molar-refractivity contribution in [3.8, 4) is 0 Å². The van der Waals surface area contributed by atoms with Gasteiger partial charge in [-0.25, -0.2) is 0 Å². The van der Waals surface area contributed by atoms with Crippen LogP contribution in [0.2, 0.25) is 0 Å². The van der Waals surface area contributed by atoms with Crippen molar-refractivity contribution in [1.29, 1.82) is 0 Å². The van der Waals surface area contributed by atoms with E-state index in [0.717, 1.165) is 45.9 Å². The monoisotopic (exact) mass is 295 g/mol. The second-order valence-corrected chi connectivity index (χ2v) is 7.07. The number of fused-ring (bicyclic) bond motifs is 1. The highest BCUT2D eigenvalue weighted by atomic mass is 32.1. The average molecular weight is 295 g/mol. The molecule has 1 aromatic rings. The van der Waals surface area contributed by atoms with Crippen molar-refractivity contribution in [3.05, 3.63) is 22.4 Å². The van der Waals surface area contributed by atoms with Gasteiger partial charge in [0.15, 0.2) is 0 Å². The summed E-state index contributed by atoms with van der Waals surface area (Å²) in [6.45, 7) is 8.03.